The third kappa shape index (κ3) is 5.85. The Labute approximate surface area is 112 Å². The molecule has 106 valence electrons. The molecule has 1 heterocycles. The monoisotopic (exact) mass is 255 g/mol. The smallest absolute Gasteiger partial charge is 0.303 e. The second kappa shape index (κ2) is 8.52. The molecule has 0 amide bonds. The van der Waals surface area contributed by atoms with Gasteiger partial charge in [-0.2, -0.15) is 0 Å². The molecule has 0 spiro atoms. The summed E-state index contributed by atoms with van der Waals surface area (Å²) in [6.07, 6.45) is 8.04. The highest BCUT2D eigenvalue weighted by molar-refractivity contribution is 5.66. The van der Waals surface area contributed by atoms with Crippen LogP contribution in [0, 0.1) is 11.8 Å². The molecule has 1 aliphatic heterocycles. The highest BCUT2D eigenvalue weighted by Gasteiger charge is 2.25. The number of rotatable bonds is 8. The molecule has 0 bridgehead atoms. The first-order valence-electron chi connectivity index (χ1n) is 7.57. The number of hydrogen-bond acceptors (Lipinski definition) is 2. The van der Waals surface area contributed by atoms with Crippen molar-refractivity contribution >= 4 is 5.97 Å². The standard InChI is InChI=1S/C15H29NO2/c1-3-4-5-6-9-16-10-7-8-14(12-16)13(2)11-15(17)18/h13-14H,3-12H2,1-2H3,(H,17,18). The molecule has 0 aromatic rings. The maximum Gasteiger partial charge on any atom is 0.303 e. The van der Waals surface area contributed by atoms with E-state index >= 15 is 0 Å². The SMILES string of the molecule is CCCCCCN1CCCC(C(C)CC(=O)O)C1. The molecule has 1 saturated heterocycles. The van der Waals surface area contributed by atoms with Gasteiger partial charge in [-0.3, -0.25) is 4.79 Å². The summed E-state index contributed by atoms with van der Waals surface area (Å²) < 4.78 is 0. The number of likely N-dealkylation sites (tertiary alicyclic amines) is 1. The molecule has 18 heavy (non-hydrogen) atoms. The van der Waals surface area contributed by atoms with Crippen LogP contribution in [0.3, 0.4) is 0 Å². The summed E-state index contributed by atoms with van der Waals surface area (Å²) in [7, 11) is 0. The average molecular weight is 255 g/mol. The van der Waals surface area contributed by atoms with Crippen LogP contribution in [0.5, 0.6) is 0 Å². The minimum absolute atomic E-state index is 0.320. The van der Waals surface area contributed by atoms with Crippen LogP contribution in [-0.4, -0.2) is 35.6 Å². The van der Waals surface area contributed by atoms with Gasteiger partial charge in [0.2, 0.25) is 0 Å². The lowest BCUT2D eigenvalue weighted by Gasteiger charge is -2.35. The molecule has 0 aromatic carbocycles. The van der Waals surface area contributed by atoms with Gasteiger partial charge in [-0.25, -0.2) is 0 Å². The molecule has 0 saturated carbocycles. The summed E-state index contributed by atoms with van der Waals surface area (Å²) in [5.74, 6) is 0.254. The zero-order valence-electron chi connectivity index (χ0n) is 12.0. The Morgan fingerprint density at radius 2 is 2.17 bits per heavy atom. The van der Waals surface area contributed by atoms with Gasteiger partial charge in [0.25, 0.3) is 0 Å². The summed E-state index contributed by atoms with van der Waals surface area (Å²) in [6.45, 7) is 7.86. The van der Waals surface area contributed by atoms with Gasteiger partial charge in [-0.1, -0.05) is 33.1 Å². The summed E-state index contributed by atoms with van der Waals surface area (Å²) in [5, 5.41) is 8.87. The summed E-state index contributed by atoms with van der Waals surface area (Å²) in [6, 6.07) is 0. The van der Waals surface area contributed by atoms with E-state index in [4.69, 9.17) is 5.11 Å². The number of unbranched alkanes of at least 4 members (excludes halogenated alkanes) is 3. The van der Waals surface area contributed by atoms with Gasteiger partial charge in [0.1, 0.15) is 0 Å². The molecule has 1 rings (SSSR count). The number of carbonyl (C=O) groups is 1. The lowest BCUT2D eigenvalue weighted by Crippen LogP contribution is -2.38. The van der Waals surface area contributed by atoms with E-state index in [0.717, 1.165) is 6.54 Å². The Hall–Kier alpha value is -0.570. The third-order valence-corrected chi connectivity index (χ3v) is 4.17. The van der Waals surface area contributed by atoms with E-state index < -0.39 is 5.97 Å². The van der Waals surface area contributed by atoms with E-state index in [1.807, 2.05) is 0 Å². The van der Waals surface area contributed by atoms with Crippen molar-refractivity contribution in [3.8, 4) is 0 Å². The van der Waals surface area contributed by atoms with E-state index in [9.17, 15) is 4.79 Å². The third-order valence-electron chi connectivity index (χ3n) is 4.17. The van der Waals surface area contributed by atoms with Crippen molar-refractivity contribution in [3.05, 3.63) is 0 Å². The Bertz CT molecular complexity index is 243. The van der Waals surface area contributed by atoms with Crippen molar-refractivity contribution < 1.29 is 9.90 Å². The van der Waals surface area contributed by atoms with Gasteiger partial charge in [0.15, 0.2) is 0 Å². The molecule has 3 heteroatoms. The molecule has 3 nitrogen and oxygen atoms in total. The maximum atomic E-state index is 10.8. The van der Waals surface area contributed by atoms with Crippen molar-refractivity contribution in [1.29, 1.82) is 0 Å². The molecular weight excluding hydrogens is 226 g/mol. The van der Waals surface area contributed by atoms with E-state index in [1.54, 1.807) is 0 Å². The highest BCUT2D eigenvalue weighted by atomic mass is 16.4. The first-order chi connectivity index (χ1) is 8.63. The van der Waals surface area contributed by atoms with Gasteiger partial charge in [-0.05, 0) is 44.2 Å². The lowest BCUT2D eigenvalue weighted by molar-refractivity contribution is -0.138. The fraction of sp³-hybridized carbons (Fsp3) is 0.933. The van der Waals surface area contributed by atoms with Gasteiger partial charge < -0.3 is 10.0 Å². The predicted molar refractivity (Wildman–Crippen MR) is 74.7 cm³/mol. The Balaban J connectivity index is 2.25. The number of piperidine rings is 1. The predicted octanol–water partition coefficient (Wildman–Crippen LogP) is 3.39. The van der Waals surface area contributed by atoms with E-state index in [1.165, 1.54) is 51.6 Å². The molecule has 0 aromatic heterocycles. The Kier molecular flexibility index (Phi) is 7.33. The number of aliphatic carboxylic acids is 1. The number of carboxylic acids is 1. The average Bonchev–Trinajstić information content (AvgIpc) is 2.34. The van der Waals surface area contributed by atoms with Crippen LogP contribution in [0.4, 0.5) is 0 Å². The normalized spacial score (nSPS) is 22.9. The molecule has 1 aliphatic rings. The van der Waals surface area contributed by atoms with Gasteiger partial charge in [-0.15, -0.1) is 0 Å². The second-order valence-corrected chi connectivity index (χ2v) is 5.84. The zero-order valence-corrected chi connectivity index (χ0v) is 12.0. The van der Waals surface area contributed by atoms with Crippen molar-refractivity contribution in [3.63, 3.8) is 0 Å². The maximum absolute atomic E-state index is 10.8. The number of nitrogens with zero attached hydrogens (tertiary/aromatic N) is 1. The molecule has 1 N–H and O–H groups in total. The van der Waals surface area contributed by atoms with Crippen LogP contribution >= 0.6 is 0 Å². The lowest BCUT2D eigenvalue weighted by atomic mass is 9.84. The van der Waals surface area contributed by atoms with Gasteiger partial charge in [0, 0.05) is 13.0 Å². The molecule has 1 fully saturated rings. The van der Waals surface area contributed by atoms with Gasteiger partial charge in [0.05, 0.1) is 0 Å². The topological polar surface area (TPSA) is 40.5 Å². The van der Waals surface area contributed by atoms with E-state index in [-0.39, 0.29) is 0 Å². The van der Waals surface area contributed by atoms with Crippen LogP contribution in [0.1, 0.15) is 58.8 Å². The van der Waals surface area contributed by atoms with Crippen LogP contribution < -0.4 is 0 Å². The van der Waals surface area contributed by atoms with E-state index in [0.29, 0.717) is 18.3 Å². The Morgan fingerprint density at radius 1 is 1.39 bits per heavy atom. The van der Waals surface area contributed by atoms with Crippen LogP contribution in [0.2, 0.25) is 0 Å². The largest absolute Gasteiger partial charge is 0.481 e. The molecule has 0 radical (unpaired) electrons. The first kappa shape index (κ1) is 15.5. The molecule has 2 atom stereocenters. The van der Waals surface area contributed by atoms with Crippen LogP contribution in [-0.2, 0) is 4.79 Å². The number of carboxylic acid groups (broad SMARTS) is 1. The zero-order chi connectivity index (χ0) is 13.4. The fourth-order valence-electron chi connectivity index (χ4n) is 2.96. The summed E-state index contributed by atoms with van der Waals surface area (Å²) >= 11 is 0. The highest BCUT2D eigenvalue weighted by Crippen LogP contribution is 2.26. The van der Waals surface area contributed by atoms with Gasteiger partial charge >= 0.3 is 5.97 Å². The van der Waals surface area contributed by atoms with Crippen molar-refractivity contribution in [2.24, 2.45) is 11.8 Å². The van der Waals surface area contributed by atoms with Crippen molar-refractivity contribution in [2.75, 3.05) is 19.6 Å². The minimum Gasteiger partial charge on any atom is -0.481 e. The van der Waals surface area contributed by atoms with Crippen LogP contribution in [0.25, 0.3) is 0 Å². The Morgan fingerprint density at radius 3 is 2.83 bits per heavy atom. The number of hydrogen-bond donors (Lipinski definition) is 1. The minimum atomic E-state index is -0.650. The first-order valence-corrected chi connectivity index (χ1v) is 7.57. The van der Waals surface area contributed by atoms with Crippen molar-refractivity contribution in [1.82, 2.24) is 4.90 Å². The second-order valence-electron chi connectivity index (χ2n) is 5.84. The fourth-order valence-corrected chi connectivity index (χ4v) is 2.96. The van der Waals surface area contributed by atoms with Crippen LogP contribution in [0.15, 0.2) is 0 Å². The molecule has 0 aliphatic carbocycles. The molecular formula is C15H29NO2. The quantitative estimate of drug-likeness (QED) is 0.676. The molecule has 2 unspecified atom stereocenters. The van der Waals surface area contributed by atoms with Crippen molar-refractivity contribution in [2.45, 2.75) is 58.8 Å². The van der Waals surface area contributed by atoms with E-state index in [2.05, 4.69) is 18.7 Å². The summed E-state index contributed by atoms with van der Waals surface area (Å²) in [5.41, 5.74) is 0. The summed E-state index contributed by atoms with van der Waals surface area (Å²) in [4.78, 5) is 13.3.